The smallest absolute Gasteiger partial charge is 0.203 e. The molecule has 0 unspecified atom stereocenters. The number of ketones is 1. The van der Waals surface area contributed by atoms with Crippen LogP contribution in [0.1, 0.15) is 28.4 Å². The first-order chi connectivity index (χ1) is 8.97. The standard InChI is InChI=1S/C13H15N3OS2/c1-7-4-5-8(2)10(6-7)11(17)9(3)18-13-16-15-12(14)19-13/h4-6,9H,1-3H3,(H2,14,15)/t9-/m1/s1. The van der Waals surface area contributed by atoms with Crippen molar-refractivity contribution in [2.45, 2.75) is 30.4 Å². The van der Waals surface area contributed by atoms with Crippen molar-refractivity contribution >= 4 is 34.0 Å². The van der Waals surface area contributed by atoms with Crippen LogP contribution in [0.4, 0.5) is 5.13 Å². The third-order valence-corrected chi connectivity index (χ3v) is 4.66. The maximum atomic E-state index is 12.4. The quantitative estimate of drug-likeness (QED) is 0.693. The number of thioether (sulfide) groups is 1. The van der Waals surface area contributed by atoms with Crippen LogP contribution in [-0.4, -0.2) is 21.2 Å². The summed E-state index contributed by atoms with van der Waals surface area (Å²) in [6.07, 6.45) is 0. The molecule has 2 N–H and O–H groups in total. The third-order valence-electron chi connectivity index (χ3n) is 2.73. The zero-order valence-corrected chi connectivity index (χ0v) is 12.6. The minimum absolute atomic E-state index is 0.111. The Balaban J connectivity index is 2.16. The van der Waals surface area contributed by atoms with E-state index >= 15 is 0 Å². The molecular formula is C13H15N3OS2. The molecule has 0 aliphatic rings. The molecule has 0 saturated heterocycles. The van der Waals surface area contributed by atoms with Crippen LogP contribution in [0.15, 0.2) is 22.5 Å². The fraction of sp³-hybridized carbons (Fsp3) is 0.308. The summed E-state index contributed by atoms with van der Waals surface area (Å²) in [6, 6.07) is 5.92. The molecular weight excluding hydrogens is 278 g/mol. The van der Waals surface area contributed by atoms with E-state index < -0.39 is 0 Å². The highest BCUT2D eigenvalue weighted by molar-refractivity contribution is 8.02. The lowest BCUT2D eigenvalue weighted by atomic mass is 10.0. The van der Waals surface area contributed by atoms with E-state index in [2.05, 4.69) is 10.2 Å². The van der Waals surface area contributed by atoms with E-state index in [4.69, 9.17) is 5.73 Å². The first-order valence-corrected chi connectivity index (χ1v) is 7.54. The van der Waals surface area contributed by atoms with Gasteiger partial charge in [-0.1, -0.05) is 40.8 Å². The first kappa shape index (κ1) is 14.0. The maximum Gasteiger partial charge on any atom is 0.203 e. The normalized spacial score (nSPS) is 12.4. The highest BCUT2D eigenvalue weighted by Crippen LogP contribution is 2.29. The van der Waals surface area contributed by atoms with Crippen LogP contribution in [0.25, 0.3) is 0 Å². The average molecular weight is 293 g/mol. The number of aryl methyl sites for hydroxylation is 2. The number of carbonyl (C=O) groups excluding carboxylic acids is 1. The van der Waals surface area contributed by atoms with Crippen LogP contribution in [0.3, 0.4) is 0 Å². The average Bonchev–Trinajstić information content (AvgIpc) is 2.77. The third kappa shape index (κ3) is 3.33. The lowest BCUT2D eigenvalue weighted by Gasteiger charge is -2.11. The summed E-state index contributed by atoms with van der Waals surface area (Å²) in [5, 5.41) is 7.90. The van der Waals surface area contributed by atoms with Crippen LogP contribution in [0.5, 0.6) is 0 Å². The van der Waals surface area contributed by atoms with Crippen molar-refractivity contribution in [3.8, 4) is 0 Å². The second-order valence-electron chi connectivity index (χ2n) is 4.35. The van der Waals surface area contributed by atoms with E-state index in [0.29, 0.717) is 5.13 Å². The highest BCUT2D eigenvalue weighted by atomic mass is 32.2. The monoisotopic (exact) mass is 293 g/mol. The van der Waals surface area contributed by atoms with Crippen molar-refractivity contribution in [3.05, 3.63) is 34.9 Å². The molecule has 0 radical (unpaired) electrons. The van der Waals surface area contributed by atoms with Gasteiger partial charge in [-0.3, -0.25) is 4.79 Å². The number of hydrogen-bond acceptors (Lipinski definition) is 6. The number of rotatable bonds is 4. The zero-order chi connectivity index (χ0) is 14.0. The van der Waals surface area contributed by atoms with Gasteiger partial charge in [0, 0.05) is 5.56 Å². The van der Waals surface area contributed by atoms with E-state index in [1.165, 1.54) is 23.1 Å². The lowest BCUT2D eigenvalue weighted by Crippen LogP contribution is -2.15. The van der Waals surface area contributed by atoms with Gasteiger partial charge < -0.3 is 5.73 Å². The molecule has 1 atom stereocenters. The lowest BCUT2D eigenvalue weighted by molar-refractivity contribution is 0.0993. The Morgan fingerprint density at radius 2 is 2.11 bits per heavy atom. The Kier molecular flexibility index (Phi) is 4.21. The van der Waals surface area contributed by atoms with Gasteiger partial charge in [0.25, 0.3) is 0 Å². The SMILES string of the molecule is Cc1ccc(C)c(C(=O)[C@@H](C)Sc2nnc(N)s2)c1. The minimum Gasteiger partial charge on any atom is -0.374 e. The molecule has 0 aliphatic heterocycles. The van der Waals surface area contributed by atoms with Gasteiger partial charge in [-0.05, 0) is 32.4 Å². The predicted molar refractivity (Wildman–Crippen MR) is 79.9 cm³/mol. The molecule has 6 heteroatoms. The van der Waals surface area contributed by atoms with Crippen LogP contribution >= 0.6 is 23.1 Å². The Morgan fingerprint density at radius 3 is 2.74 bits per heavy atom. The minimum atomic E-state index is -0.201. The van der Waals surface area contributed by atoms with Gasteiger partial charge >= 0.3 is 0 Å². The summed E-state index contributed by atoms with van der Waals surface area (Å²) >= 11 is 2.70. The number of aromatic nitrogens is 2. The molecule has 0 fully saturated rings. The van der Waals surface area contributed by atoms with Gasteiger partial charge in [0.05, 0.1) is 5.25 Å². The fourth-order valence-electron chi connectivity index (χ4n) is 1.69. The molecule has 19 heavy (non-hydrogen) atoms. The molecule has 4 nitrogen and oxygen atoms in total. The van der Waals surface area contributed by atoms with Crippen molar-refractivity contribution < 1.29 is 4.79 Å². The maximum absolute atomic E-state index is 12.4. The molecule has 0 spiro atoms. The summed E-state index contributed by atoms with van der Waals surface area (Å²) in [5.74, 6) is 0.111. The zero-order valence-electron chi connectivity index (χ0n) is 11.0. The molecule has 1 heterocycles. The second kappa shape index (κ2) is 5.71. The molecule has 0 saturated carbocycles. The molecule has 1 aromatic heterocycles. The van der Waals surface area contributed by atoms with E-state index in [1.807, 2.05) is 39.0 Å². The van der Waals surface area contributed by atoms with Gasteiger partial charge in [-0.15, -0.1) is 10.2 Å². The molecule has 1 aromatic carbocycles. The van der Waals surface area contributed by atoms with Crippen LogP contribution in [0.2, 0.25) is 0 Å². The Bertz CT molecular complexity index is 610. The first-order valence-electron chi connectivity index (χ1n) is 5.84. The number of Topliss-reactive ketones (excluding diaryl/α,β-unsaturated/α-hetero) is 1. The second-order valence-corrected chi connectivity index (χ2v) is 6.95. The van der Waals surface area contributed by atoms with E-state index in [-0.39, 0.29) is 11.0 Å². The van der Waals surface area contributed by atoms with Gasteiger partial charge in [0.2, 0.25) is 5.13 Å². The van der Waals surface area contributed by atoms with E-state index in [9.17, 15) is 4.79 Å². The molecule has 2 aromatic rings. The number of anilines is 1. The molecule has 0 amide bonds. The van der Waals surface area contributed by atoms with Crippen molar-refractivity contribution in [3.63, 3.8) is 0 Å². The molecule has 2 rings (SSSR count). The van der Waals surface area contributed by atoms with Gasteiger partial charge in [-0.2, -0.15) is 0 Å². The van der Waals surface area contributed by atoms with Crippen molar-refractivity contribution in [1.82, 2.24) is 10.2 Å². The van der Waals surface area contributed by atoms with Crippen molar-refractivity contribution in [2.24, 2.45) is 0 Å². The van der Waals surface area contributed by atoms with E-state index in [1.54, 1.807) is 0 Å². The topological polar surface area (TPSA) is 68.9 Å². The van der Waals surface area contributed by atoms with Crippen LogP contribution < -0.4 is 5.73 Å². The number of nitrogens with zero attached hydrogens (tertiary/aromatic N) is 2. The molecule has 0 aliphatic carbocycles. The largest absolute Gasteiger partial charge is 0.374 e. The summed E-state index contributed by atoms with van der Waals surface area (Å²) in [5.41, 5.74) is 8.40. The summed E-state index contributed by atoms with van der Waals surface area (Å²) < 4.78 is 0.726. The number of nitrogen functional groups attached to an aromatic ring is 1. The van der Waals surface area contributed by atoms with Crippen LogP contribution in [0, 0.1) is 13.8 Å². The Labute approximate surface area is 120 Å². The summed E-state index contributed by atoms with van der Waals surface area (Å²) in [6.45, 7) is 5.82. The number of hydrogen-bond donors (Lipinski definition) is 1. The van der Waals surface area contributed by atoms with Crippen molar-refractivity contribution in [1.29, 1.82) is 0 Å². The number of nitrogens with two attached hydrogens (primary N) is 1. The van der Waals surface area contributed by atoms with Crippen LogP contribution in [-0.2, 0) is 0 Å². The van der Waals surface area contributed by atoms with Gasteiger partial charge in [0.15, 0.2) is 10.1 Å². The van der Waals surface area contributed by atoms with Crippen molar-refractivity contribution in [2.75, 3.05) is 5.73 Å². The van der Waals surface area contributed by atoms with Gasteiger partial charge in [-0.25, -0.2) is 0 Å². The number of carbonyl (C=O) groups is 1. The summed E-state index contributed by atoms with van der Waals surface area (Å²) in [7, 11) is 0. The fourth-order valence-corrected chi connectivity index (χ4v) is 3.54. The Hall–Kier alpha value is -1.40. The molecule has 0 bridgehead atoms. The van der Waals surface area contributed by atoms with Gasteiger partial charge in [0.1, 0.15) is 0 Å². The highest BCUT2D eigenvalue weighted by Gasteiger charge is 2.20. The predicted octanol–water partition coefficient (Wildman–Crippen LogP) is 3.10. The Morgan fingerprint density at radius 1 is 1.37 bits per heavy atom. The summed E-state index contributed by atoms with van der Waals surface area (Å²) in [4.78, 5) is 12.4. The van der Waals surface area contributed by atoms with E-state index in [0.717, 1.165) is 21.0 Å². The molecule has 100 valence electrons. The number of benzene rings is 1.